The molecule has 0 unspecified atom stereocenters. The average molecular weight is 252 g/mol. The van der Waals surface area contributed by atoms with Crippen molar-refractivity contribution in [2.75, 3.05) is 11.9 Å². The molecule has 3 heteroatoms. The van der Waals surface area contributed by atoms with E-state index >= 15 is 0 Å². The maximum absolute atomic E-state index is 11.8. The summed E-state index contributed by atoms with van der Waals surface area (Å²) in [4.78, 5) is 13.9. The van der Waals surface area contributed by atoms with E-state index in [1.54, 1.807) is 0 Å². The Kier molecular flexibility index (Phi) is 2.75. The number of benzene rings is 2. The second-order valence-electron chi connectivity index (χ2n) is 4.91. The fourth-order valence-corrected chi connectivity index (χ4v) is 2.81. The largest absolute Gasteiger partial charge is 0.369 e. The number of amides is 1. The van der Waals surface area contributed by atoms with Gasteiger partial charge in [-0.1, -0.05) is 36.4 Å². The quantitative estimate of drug-likeness (QED) is 0.848. The van der Waals surface area contributed by atoms with Crippen LogP contribution in [0.1, 0.15) is 17.0 Å². The molecule has 1 amide bonds. The molecule has 0 fully saturated rings. The molecule has 2 aromatic carbocycles. The molecule has 96 valence electrons. The highest BCUT2D eigenvalue weighted by Gasteiger charge is 2.27. The van der Waals surface area contributed by atoms with Crippen LogP contribution in [0.25, 0.3) is 0 Å². The first-order valence-corrected chi connectivity index (χ1v) is 6.38. The SMILES string of the molecule is CN1c2ccccc2C[C@H](C(N)=O)c2ccccc21. The van der Waals surface area contributed by atoms with Crippen LogP contribution in [-0.4, -0.2) is 13.0 Å². The van der Waals surface area contributed by atoms with Crippen molar-refractivity contribution in [1.29, 1.82) is 0 Å². The van der Waals surface area contributed by atoms with Gasteiger partial charge in [-0.3, -0.25) is 4.79 Å². The summed E-state index contributed by atoms with van der Waals surface area (Å²) >= 11 is 0. The van der Waals surface area contributed by atoms with Gasteiger partial charge in [0.2, 0.25) is 5.91 Å². The maximum Gasteiger partial charge on any atom is 0.225 e. The van der Waals surface area contributed by atoms with Crippen LogP contribution in [0.4, 0.5) is 11.4 Å². The lowest BCUT2D eigenvalue weighted by Crippen LogP contribution is -2.23. The molecular weight excluding hydrogens is 236 g/mol. The van der Waals surface area contributed by atoms with Gasteiger partial charge in [0, 0.05) is 18.4 Å². The van der Waals surface area contributed by atoms with Gasteiger partial charge in [-0.15, -0.1) is 0 Å². The van der Waals surface area contributed by atoms with Crippen molar-refractivity contribution in [3.63, 3.8) is 0 Å². The molecule has 2 N–H and O–H groups in total. The van der Waals surface area contributed by atoms with E-state index in [1.165, 1.54) is 0 Å². The average Bonchev–Trinajstić information content (AvgIpc) is 2.56. The zero-order chi connectivity index (χ0) is 13.4. The van der Waals surface area contributed by atoms with Crippen molar-refractivity contribution in [3.05, 3.63) is 59.7 Å². The number of hydrogen-bond acceptors (Lipinski definition) is 2. The Balaban J connectivity index is 2.24. The highest BCUT2D eigenvalue weighted by atomic mass is 16.1. The molecule has 1 heterocycles. The molecule has 1 aliphatic heterocycles. The van der Waals surface area contributed by atoms with E-state index in [9.17, 15) is 4.79 Å². The Hall–Kier alpha value is -2.29. The van der Waals surface area contributed by atoms with Crippen molar-refractivity contribution < 1.29 is 4.79 Å². The number of rotatable bonds is 1. The van der Waals surface area contributed by atoms with Gasteiger partial charge >= 0.3 is 0 Å². The lowest BCUT2D eigenvalue weighted by atomic mass is 9.91. The lowest BCUT2D eigenvalue weighted by molar-refractivity contribution is -0.119. The van der Waals surface area contributed by atoms with Crippen molar-refractivity contribution in [1.82, 2.24) is 0 Å². The van der Waals surface area contributed by atoms with Crippen molar-refractivity contribution in [3.8, 4) is 0 Å². The van der Waals surface area contributed by atoms with E-state index in [2.05, 4.69) is 17.0 Å². The van der Waals surface area contributed by atoms with E-state index in [-0.39, 0.29) is 11.8 Å². The first-order chi connectivity index (χ1) is 9.18. The van der Waals surface area contributed by atoms with Gasteiger partial charge in [0.15, 0.2) is 0 Å². The lowest BCUT2D eigenvalue weighted by Gasteiger charge is -2.22. The first kappa shape index (κ1) is 11.8. The molecule has 0 saturated carbocycles. The molecule has 0 aliphatic carbocycles. The number of para-hydroxylation sites is 2. The summed E-state index contributed by atoms with van der Waals surface area (Å²) in [5.74, 6) is -0.528. The number of carbonyl (C=O) groups excluding carboxylic acids is 1. The number of anilines is 2. The normalized spacial score (nSPS) is 17.3. The second kappa shape index (κ2) is 4.43. The van der Waals surface area contributed by atoms with Crippen LogP contribution >= 0.6 is 0 Å². The first-order valence-electron chi connectivity index (χ1n) is 6.38. The monoisotopic (exact) mass is 252 g/mol. The Bertz CT molecular complexity index is 636. The summed E-state index contributed by atoms with van der Waals surface area (Å²) in [6.07, 6.45) is 0.660. The predicted octanol–water partition coefficient (Wildman–Crippen LogP) is 2.58. The Labute approximate surface area is 112 Å². The maximum atomic E-state index is 11.8. The van der Waals surface area contributed by atoms with E-state index in [4.69, 9.17) is 5.73 Å². The molecule has 3 nitrogen and oxygen atoms in total. The summed E-state index contributed by atoms with van der Waals surface area (Å²) in [5, 5.41) is 0. The summed E-state index contributed by atoms with van der Waals surface area (Å²) in [6, 6.07) is 16.1. The van der Waals surface area contributed by atoms with Gasteiger partial charge in [-0.2, -0.15) is 0 Å². The van der Waals surface area contributed by atoms with Crippen LogP contribution in [0.5, 0.6) is 0 Å². The fourth-order valence-electron chi connectivity index (χ4n) is 2.81. The molecule has 19 heavy (non-hydrogen) atoms. The molecule has 1 atom stereocenters. The standard InChI is InChI=1S/C16H16N2O/c1-18-14-8-4-2-6-11(14)10-13(16(17)19)12-7-3-5-9-15(12)18/h2-9,13H,10H2,1H3,(H2,17,19)/t13-/m0/s1. The van der Waals surface area contributed by atoms with Crippen LogP contribution < -0.4 is 10.6 Å². The molecule has 2 aromatic rings. The minimum atomic E-state index is -0.266. The van der Waals surface area contributed by atoms with Crippen LogP contribution in [0.3, 0.4) is 0 Å². The molecule has 0 bridgehead atoms. The molecule has 1 aliphatic rings. The molecule has 0 aromatic heterocycles. The van der Waals surface area contributed by atoms with E-state index < -0.39 is 0 Å². The number of nitrogens with two attached hydrogens (primary N) is 1. The molecule has 0 saturated heterocycles. The summed E-state index contributed by atoms with van der Waals surface area (Å²) in [7, 11) is 2.03. The third kappa shape index (κ3) is 1.87. The van der Waals surface area contributed by atoms with Gasteiger partial charge in [0.25, 0.3) is 0 Å². The number of fused-ring (bicyclic) bond motifs is 2. The van der Waals surface area contributed by atoms with Crippen LogP contribution in [0, 0.1) is 0 Å². The van der Waals surface area contributed by atoms with Crippen LogP contribution in [-0.2, 0) is 11.2 Å². The molecule has 0 spiro atoms. The Morgan fingerprint density at radius 1 is 1.11 bits per heavy atom. The number of carbonyl (C=O) groups is 1. The van der Waals surface area contributed by atoms with Crippen LogP contribution in [0.2, 0.25) is 0 Å². The second-order valence-corrected chi connectivity index (χ2v) is 4.91. The van der Waals surface area contributed by atoms with E-state index in [0.29, 0.717) is 6.42 Å². The number of hydrogen-bond donors (Lipinski definition) is 1. The highest BCUT2D eigenvalue weighted by Crippen LogP contribution is 2.39. The van der Waals surface area contributed by atoms with Gasteiger partial charge < -0.3 is 10.6 Å². The van der Waals surface area contributed by atoms with Gasteiger partial charge in [0.05, 0.1) is 5.92 Å². The zero-order valence-corrected chi connectivity index (χ0v) is 10.8. The molecule has 3 rings (SSSR count). The molecule has 0 radical (unpaired) electrons. The predicted molar refractivity (Wildman–Crippen MR) is 76.6 cm³/mol. The summed E-state index contributed by atoms with van der Waals surface area (Å²) < 4.78 is 0. The third-order valence-electron chi connectivity index (χ3n) is 3.79. The Morgan fingerprint density at radius 3 is 2.47 bits per heavy atom. The highest BCUT2D eigenvalue weighted by molar-refractivity contribution is 5.87. The number of nitrogens with zero attached hydrogens (tertiary/aromatic N) is 1. The van der Waals surface area contributed by atoms with Gasteiger partial charge in [-0.05, 0) is 29.7 Å². The molecular formula is C16H16N2O. The topological polar surface area (TPSA) is 46.3 Å². The smallest absolute Gasteiger partial charge is 0.225 e. The zero-order valence-electron chi connectivity index (χ0n) is 10.8. The van der Waals surface area contributed by atoms with Crippen molar-refractivity contribution in [2.45, 2.75) is 12.3 Å². The summed E-state index contributed by atoms with van der Waals surface area (Å²) in [6.45, 7) is 0. The number of primary amides is 1. The minimum Gasteiger partial charge on any atom is -0.369 e. The fraction of sp³-hybridized carbons (Fsp3) is 0.188. The Morgan fingerprint density at radius 2 is 1.74 bits per heavy atom. The third-order valence-corrected chi connectivity index (χ3v) is 3.79. The van der Waals surface area contributed by atoms with Crippen LogP contribution in [0.15, 0.2) is 48.5 Å². The van der Waals surface area contributed by atoms with E-state index in [0.717, 1.165) is 22.5 Å². The van der Waals surface area contributed by atoms with Crippen molar-refractivity contribution >= 4 is 17.3 Å². The summed E-state index contributed by atoms with van der Waals surface area (Å²) in [5.41, 5.74) is 9.95. The van der Waals surface area contributed by atoms with Gasteiger partial charge in [0.1, 0.15) is 0 Å². The van der Waals surface area contributed by atoms with Gasteiger partial charge in [-0.25, -0.2) is 0 Å². The van der Waals surface area contributed by atoms with E-state index in [1.807, 2.05) is 43.4 Å². The minimum absolute atomic E-state index is 0.262. The van der Waals surface area contributed by atoms with Crippen molar-refractivity contribution in [2.24, 2.45) is 5.73 Å².